The summed E-state index contributed by atoms with van der Waals surface area (Å²) in [6, 6.07) is 19.2. The van der Waals surface area contributed by atoms with Gasteiger partial charge in [-0.1, -0.05) is 58.4 Å². The van der Waals surface area contributed by atoms with Crippen molar-refractivity contribution in [3.63, 3.8) is 0 Å². The number of hydrogen-bond acceptors (Lipinski definition) is 4. The molecule has 168 valence electrons. The summed E-state index contributed by atoms with van der Waals surface area (Å²) >= 11 is 3.59. The highest BCUT2D eigenvalue weighted by Gasteiger charge is 2.49. The van der Waals surface area contributed by atoms with Gasteiger partial charge in [0.25, 0.3) is 5.91 Å². The Kier molecular flexibility index (Phi) is 5.09. The van der Waals surface area contributed by atoms with E-state index < -0.39 is 0 Å². The third-order valence-corrected chi connectivity index (χ3v) is 7.46. The summed E-state index contributed by atoms with van der Waals surface area (Å²) in [6.07, 6.45) is 4.03. The molecule has 0 bridgehead atoms. The summed E-state index contributed by atoms with van der Waals surface area (Å²) in [7, 11) is 0. The summed E-state index contributed by atoms with van der Waals surface area (Å²) in [5.74, 6) is 2.50. The minimum absolute atomic E-state index is 0.00396. The lowest BCUT2D eigenvalue weighted by Gasteiger charge is -2.35. The normalized spacial score (nSPS) is 21.2. The fourth-order valence-corrected chi connectivity index (χ4v) is 5.90. The van der Waals surface area contributed by atoms with Crippen LogP contribution in [0.5, 0.6) is 0 Å². The van der Waals surface area contributed by atoms with Crippen LogP contribution in [0.15, 0.2) is 64.1 Å². The van der Waals surface area contributed by atoms with Gasteiger partial charge in [0, 0.05) is 24.0 Å². The zero-order valence-corrected chi connectivity index (χ0v) is 20.2. The number of fused-ring (bicyclic) bond motifs is 5. The Morgan fingerprint density at radius 2 is 1.88 bits per heavy atom. The molecule has 1 aliphatic carbocycles. The van der Waals surface area contributed by atoms with Gasteiger partial charge in [0.1, 0.15) is 5.82 Å². The number of nitrogens with zero attached hydrogens (tertiary/aromatic N) is 5. The van der Waals surface area contributed by atoms with E-state index in [0.29, 0.717) is 31.2 Å². The molecule has 7 heteroatoms. The van der Waals surface area contributed by atoms with Gasteiger partial charge in [0.2, 0.25) is 5.96 Å². The lowest BCUT2D eigenvalue weighted by atomic mass is 10.1. The highest BCUT2D eigenvalue weighted by atomic mass is 79.9. The van der Waals surface area contributed by atoms with Crippen LogP contribution >= 0.6 is 15.9 Å². The van der Waals surface area contributed by atoms with Crippen molar-refractivity contribution < 1.29 is 4.79 Å². The molecular formula is C26H26BrN5O. The predicted octanol–water partition coefficient (Wildman–Crippen LogP) is 4.86. The molecule has 6 nitrogen and oxygen atoms in total. The Balaban J connectivity index is 1.51. The van der Waals surface area contributed by atoms with Crippen molar-refractivity contribution >= 4 is 33.6 Å². The molecule has 6 rings (SSSR count). The molecule has 1 fully saturated rings. The van der Waals surface area contributed by atoms with Crippen LogP contribution in [0.25, 0.3) is 0 Å². The number of amides is 1. The summed E-state index contributed by atoms with van der Waals surface area (Å²) < 4.78 is 3.16. The van der Waals surface area contributed by atoms with Crippen molar-refractivity contribution in [2.24, 2.45) is 4.99 Å². The second-order valence-electron chi connectivity index (χ2n) is 8.99. The van der Waals surface area contributed by atoms with Crippen molar-refractivity contribution in [1.29, 1.82) is 0 Å². The first-order valence-electron chi connectivity index (χ1n) is 11.7. The molecular weight excluding hydrogens is 478 g/mol. The van der Waals surface area contributed by atoms with Crippen LogP contribution in [-0.4, -0.2) is 44.9 Å². The maximum atomic E-state index is 13.8. The van der Waals surface area contributed by atoms with Gasteiger partial charge in [0.15, 0.2) is 11.5 Å². The Bertz CT molecular complexity index is 1250. The summed E-state index contributed by atoms with van der Waals surface area (Å²) in [6.45, 7) is 3.22. The minimum Gasteiger partial charge on any atom is -0.317 e. The third kappa shape index (κ3) is 3.41. The van der Waals surface area contributed by atoms with E-state index in [1.807, 2.05) is 30.0 Å². The quantitative estimate of drug-likeness (QED) is 0.499. The predicted molar refractivity (Wildman–Crippen MR) is 133 cm³/mol. The molecule has 0 unspecified atom stereocenters. The number of hydrogen-bond donors (Lipinski definition) is 0. The Morgan fingerprint density at radius 3 is 2.67 bits per heavy atom. The van der Waals surface area contributed by atoms with Crippen molar-refractivity contribution in [1.82, 2.24) is 14.5 Å². The second kappa shape index (κ2) is 8.13. The number of aromatic nitrogens is 2. The lowest BCUT2D eigenvalue weighted by Crippen LogP contribution is -2.53. The molecule has 33 heavy (non-hydrogen) atoms. The van der Waals surface area contributed by atoms with Gasteiger partial charge in [-0.05, 0) is 49.4 Å². The SMILES string of the molecule is CCN1C(=O)c2c(nc(Cc3ccccc3)n2Cc2cccc(Br)c2)N2C1=N[C@@H]1CCC[C@@H]12. The van der Waals surface area contributed by atoms with Gasteiger partial charge in [-0.2, -0.15) is 0 Å². The van der Waals surface area contributed by atoms with E-state index >= 15 is 0 Å². The smallest absolute Gasteiger partial charge is 0.281 e. The number of anilines is 1. The van der Waals surface area contributed by atoms with Crippen molar-refractivity contribution in [3.8, 4) is 0 Å². The number of benzene rings is 2. The lowest BCUT2D eigenvalue weighted by molar-refractivity contribution is 0.0835. The van der Waals surface area contributed by atoms with E-state index in [9.17, 15) is 4.79 Å². The molecule has 3 aliphatic rings. The first-order valence-corrected chi connectivity index (χ1v) is 12.5. The van der Waals surface area contributed by atoms with Crippen LogP contribution in [-0.2, 0) is 13.0 Å². The molecule has 0 N–H and O–H groups in total. The van der Waals surface area contributed by atoms with Gasteiger partial charge in [-0.15, -0.1) is 0 Å². The van der Waals surface area contributed by atoms with Crippen LogP contribution in [0.4, 0.5) is 5.82 Å². The molecule has 3 aromatic rings. The van der Waals surface area contributed by atoms with E-state index in [4.69, 9.17) is 9.98 Å². The molecule has 1 amide bonds. The molecule has 1 saturated carbocycles. The van der Waals surface area contributed by atoms with Gasteiger partial charge < -0.3 is 4.57 Å². The molecule has 2 aliphatic heterocycles. The van der Waals surface area contributed by atoms with Crippen LogP contribution in [0.1, 0.15) is 53.6 Å². The van der Waals surface area contributed by atoms with E-state index in [0.717, 1.165) is 40.5 Å². The van der Waals surface area contributed by atoms with Gasteiger partial charge in [0.05, 0.1) is 12.1 Å². The first kappa shape index (κ1) is 20.7. The topological polar surface area (TPSA) is 53.7 Å². The van der Waals surface area contributed by atoms with Crippen molar-refractivity contribution in [2.45, 2.75) is 51.2 Å². The summed E-state index contributed by atoms with van der Waals surface area (Å²) in [5.41, 5.74) is 3.01. The van der Waals surface area contributed by atoms with Crippen molar-refractivity contribution in [2.75, 3.05) is 11.4 Å². The average Bonchev–Trinajstić information content (AvgIpc) is 3.49. The highest BCUT2D eigenvalue weighted by Crippen LogP contribution is 2.41. The zero-order valence-electron chi connectivity index (χ0n) is 18.6. The number of guanidine groups is 1. The fraction of sp³-hybridized carbons (Fsp3) is 0.346. The summed E-state index contributed by atoms with van der Waals surface area (Å²) in [5, 5.41) is 0. The number of imidazole rings is 1. The largest absolute Gasteiger partial charge is 0.317 e. The minimum atomic E-state index is 0.00396. The number of aliphatic imine (C=N–C) groups is 1. The number of carbonyl (C=O) groups is 1. The zero-order chi connectivity index (χ0) is 22.5. The Hall–Kier alpha value is -2.93. The molecule has 0 radical (unpaired) electrons. The van der Waals surface area contributed by atoms with Crippen LogP contribution < -0.4 is 4.90 Å². The monoisotopic (exact) mass is 503 g/mol. The standard InChI is InChI=1S/C26H26BrN5O/c1-2-30-25(33)23-24(32-21-13-7-12-20(21)28-26(30)32)29-22(15-17-8-4-3-5-9-17)31(23)16-18-10-6-11-19(27)14-18/h3-6,8-11,14,20-21H,2,7,12-13,15-16H2,1H3/t20-,21+/m1/s1. The second-order valence-corrected chi connectivity index (χ2v) is 9.91. The van der Waals surface area contributed by atoms with Crippen molar-refractivity contribution in [3.05, 3.63) is 81.7 Å². The average molecular weight is 504 g/mol. The van der Waals surface area contributed by atoms with E-state index in [2.05, 4.69) is 61.8 Å². The molecule has 2 atom stereocenters. The van der Waals surface area contributed by atoms with Crippen LogP contribution in [0.2, 0.25) is 0 Å². The molecule has 1 aromatic heterocycles. The van der Waals surface area contributed by atoms with Gasteiger partial charge in [-0.3, -0.25) is 14.6 Å². The van der Waals surface area contributed by atoms with E-state index in [-0.39, 0.29) is 11.9 Å². The van der Waals surface area contributed by atoms with Gasteiger partial charge >= 0.3 is 0 Å². The van der Waals surface area contributed by atoms with Crippen LogP contribution in [0, 0.1) is 0 Å². The molecule has 2 aromatic carbocycles. The van der Waals surface area contributed by atoms with E-state index in [1.165, 1.54) is 12.0 Å². The van der Waals surface area contributed by atoms with Gasteiger partial charge in [-0.25, -0.2) is 9.98 Å². The molecule has 0 saturated heterocycles. The Morgan fingerprint density at radius 1 is 1.06 bits per heavy atom. The number of halogens is 1. The number of rotatable bonds is 5. The van der Waals surface area contributed by atoms with E-state index in [1.54, 1.807) is 0 Å². The first-order chi connectivity index (χ1) is 16.1. The summed E-state index contributed by atoms with van der Waals surface area (Å²) in [4.78, 5) is 28.0. The molecule has 0 spiro atoms. The van der Waals surface area contributed by atoms with Crippen LogP contribution in [0.3, 0.4) is 0 Å². The fourth-order valence-electron chi connectivity index (χ4n) is 5.45. The maximum absolute atomic E-state index is 13.8. The maximum Gasteiger partial charge on any atom is 0.281 e. The Labute approximate surface area is 202 Å². The number of carbonyl (C=O) groups excluding carboxylic acids is 1. The third-order valence-electron chi connectivity index (χ3n) is 6.97. The molecule has 3 heterocycles. The highest BCUT2D eigenvalue weighted by molar-refractivity contribution is 9.10.